The van der Waals surface area contributed by atoms with Gasteiger partial charge in [0.15, 0.2) is 0 Å². The van der Waals surface area contributed by atoms with Crippen molar-refractivity contribution in [1.29, 1.82) is 0 Å². The second-order valence-corrected chi connectivity index (χ2v) is 11.5. The summed E-state index contributed by atoms with van der Waals surface area (Å²) < 4.78 is 28.0. The van der Waals surface area contributed by atoms with Gasteiger partial charge in [-0.2, -0.15) is 4.31 Å². The van der Waals surface area contributed by atoms with E-state index in [-0.39, 0.29) is 23.3 Å². The highest BCUT2D eigenvalue weighted by atomic mass is 32.2. The molecule has 0 aliphatic rings. The summed E-state index contributed by atoms with van der Waals surface area (Å²) in [5, 5.41) is 12.9. The van der Waals surface area contributed by atoms with Crippen LogP contribution >= 0.6 is 11.8 Å². The van der Waals surface area contributed by atoms with Gasteiger partial charge in [0.05, 0.1) is 17.3 Å². The molecule has 0 aromatic heterocycles. The fourth-order valence-corrected chi connectivity index (χ4v) is 5.98. The molecule has 0 aliphatic carbocycles. The smallest absolute Gasteiger partial charge is 0.243 e. The molecule has 0 radical (unpaired) electrons. The molecule has 0 aliphatic heterocycles. The van der Waals surface area contributed by atoms with E-state index in [0.717, 1.165) is 16.9 Å². The van der Waals surface area contributed by atoms with E-state index >= 15 is 0 Å². The maximum Gasteiger partial charge on any atom is 0.243 e. The van der Waals surface area contributed by atoms with E-state index in [1.807, 2.05) is 51.1 Å². The van der Waals surface area contributed by atoms with E-state index in [9.17, 15) is 18.3 Å². The van der Waals surface area contributed by atoms with Gasteiger partial charge < -0.3 is 10.4 Å². The maximum atomic E-state index is 13.3. The van der Waals surface area contributed by atoms with Crippen molar-refractivity contribution < 1.29 is 18.3 Å². The van der Waals surface area contributed by atoms with Crippen LogP contribution in [0.3, 0.4) is 0 Å². The zero-order valence-corrected chi connectivity index (χ0v) is 21.4. The SMILES string of the molecule is Cc1ccc(S(=O)(=O)N(CC(C)C)[C@H](CO)CCCCNC(=O)CSc2ccccc2)cc1. The number of carbonyl (C=O) groups excluding carboxylic acids is 1. The second-order valence-electron chi connectivity index (χ2n) is 8.57. The van der Waals surface area contributed by atoms with Gasteiger partial charge in [0.25, 0.3) is 0 Å². The maximum absolute atomic E-state index is 13.3. The minimum Gasteiger partial charge on any atom is -0.395 e. The van der Waals surface area contributed by atoms with Crippen LogP contribution in [-0.4, -0.2) is 55.2 Å². The molecule has 0 fully saturated rings. The number of aryl methyl sites for hydroxylation is 1. The third kappa shape index (κ3) is 9.12. The lowest BCUT2D eigenvalue weighted by molar-refractivity contribution is -0.118. The van der Waals surface area contributed by atoms with Gasteiger partial charge in [-0.05, 0) is 49.9 Å². The molecule has 0 saturated heterocycles. The van der Waals surface area contributed by atoms with Crippen molar-refractivity contribution in [3.8, 4) is 0 Å². The number of hydrogen-bond donors (Lipinski definition) is 2. The van der Waals surface area contributed by atoms with Crippen molar-refractivity contribution >= 4 is 27.7 Å². The second kappa shape index (κ2) is 13.7. The highest BCUT2D eigenvalue weighted by Gasteiger charge is 2.31. The first-order valence-corrected chi connectivity index (χ1v) is 13.8. The Morgan fingerprint density at radius 2 is 1.73 bits per heavy atom. The van der Waals surface area contributed by atoms with E-state index in [4.69, 9.17) is 0 Å². The zero-order chi connectivity index (χ0) is 24.3. The van der Waals surface area contributed by atoms with Crippen LogP contribution in [0, 0.1) is 12.8 Å². The molecule has 0 bridgehead atoms. The molecule has 6 nitrogen and oxygen atoms in total. The molecular weight excluding hydrogens is 456 g/mol. The number of amides is 1. The van der Waals surface area contributed by atoms with Gasteiger partial charge in [-0.3, -0.25) is 4.79 Å². The van der Waals surface area contributed by atoms with Gasteiger partial charge >= 0.3 is 0 Å². The molecule has 2 aromatic rings. The number of thioether (sulfide) groups is 1. The Hall–Kier alpha value is -1.87. The summed E-state index contributed by atoms with van der Waals surface area (Å²) in [6.45, 7) is 6.48. The zero-order valence-electron chi connectivity index (χ0n) is 19.7. The van der Waals surface area contributed by atoms with E-state index in [2.05, 4.69) is 5.32 Å². The van der Waals surface area contributed by atoms with Crippen molar-refractivity contribution in [3.05, 3.63) is 60.2 Å². The first kappa shape index (κ1) is 27.4. The molecule has 0 unspecified atom stereocenters. The molecule has 33 heavy (non-hydrogen) atoms. The molecular formula is C25H36N2O4S2. The van der Waals surface area contributed by atoms with Crippen LogP contribution in [-0.2, 0) is 14.8 Å². The molecule has 182 valence electrons. The van der Waals surface area contributed by atoms with Crippen LogP contribution < -0.4 is 5.32 Å². The number of nitrogens with one attached hydrogen (secondary N) is 1. The number of hydrogen-bond acceptors (Lipinski definition) is 5. The quantitative estimate of drug-likeness (QED) is 0.307. The molecule has 1 atom stereocenters. The lowest BCUT2D eigenvalue weighted by atomic mass is 10.1. The molecule has 2 aromatic carbocycles. The first-order chi connectivity index (χ1) is 15.7. The summed E-state index contributed by atoms with van der Waals surface area (Å²) in [7, 11) is -3.71. The molecule has 8 heteroatoms. The number of aliphatic hydroxyl groups excluding tert-OH is 1. The van der Waals surface area contributed by atoms with Gasteiger partial charge in [0.1, 0.15) is 0 Å². The normalized spacial score (nSPS) is 12.8. The third-order valence-electron chi connectivity index (χ3n) is 5.19. The minimum atomic E-state index is -3.71. The van der Waals surface area contributed by atoms with Crippen molar-refractivity contribution in [1.82, 2.24) is 9.62 Å². The lowest BCUT2D eigenvalue weighted by Crippen LogP contribution is -2.44. The molecule has 2 N–H and O–H groups in total. The largest absolute Gasteiger partial charge is 0.395 e. The van der Waals surface area contributed by atoms with Gasteiger partial charge in [0, 0.05) is 24.0 Å². The number of carbonyl (C=O) groups is 1. The van der Waals surface area contributed by atoms with Crippen LogP contribution in [0.15, 0.2) is 64.4 Å². The highest BCUT2D eigenvalue weighted by Crippen LogP contribution is 2.23. The summed E-state index contributed by atoms with van der Waals surface area (Å²) in [5.41, 5.74) is 0.993. The molecule has 2 rings (SSSR count). The number of rotatable bonds is 14. The Morgan fingerprint density at radius 1 is 1.06 bits per heavy atom. The van der Waals surface area contributed by atoms with Crippen molar-refractivity contribution in [2.45, 2.75) is 55.9 Å². The van der Waals surface area contributed by atoms with Gasteiger partial charge in [0.2, 0.25) is 15.9 Å². The Kier molecular flexibility index (Phi) is 11.4. The van der Waals surface area contributed by atoms with Crippen molar-refractivity contribution in [2.24, 2.45) is 5.92 Å². The van der Waals surface area contributed by atoms with Crippen LogP contribution in [0.4, 0.5) is 0 Å². The number of unbranched alkanes of at least 4 members (excludes halogenated alkanes) is 1. The Labute approximate surface area is 202 Å². The predicted octanol–water partition coefficient (Wildman–Crippen LogP) is 4.08. The fraction of sp³-hybridized carbons (Fsp3) is 0.480. The van der Waals surface area contributed by atoms with Gasteiger partial charge in [-0.1, -0.05) is 56.2 Å². The summed E-state index contributed by atoms with van der Waals surface area (Å²) >= 11 is 1.49. The third-order valence-corrected chi connectivity index (χ3v) is 8.13. The summed E-state index contributed by atoms with van der Waals surface area (Å²) in [5.74, 6) is 0.465. The van der Waals surface area contributed by atoms with Crippen LogP contribution in [0.25, 0.3) is 0 Å². The lowest BCUT2D eigenvalue weighted by Gasteiger charge is -2.31. The number of nitrogens with zero attached hydrogens (tertiary/aromatic N) is 1. The highest BCUT2D eigenvalue weighted by molar-refractivity contribution is 8.00. The molecule has 0 spiro atoms. The Balaban J connectivity index is 1.86. The topological polar surface area (TPSA) is 86.7 Å². The first-order valence-electron chi connectivity index (χ1n) is 11.4. The standard InChI is InChI=1S/C25H36N2O4S2/c1-20(2)17-27(33(30,31)24-14-12-21(3)13-15-24)22(18-28)9-7-8-16-26-25(29)19-32-23-10-5-4-6-11-23/h4-6,10-15,20,22,28H,7-9,16-19H2,1-3H3,(H,26,29)/t22-/m0/s1. The summed E-state index contributed by atoms with van der Waals surface area (Å²) in [6, 6.07) is 16.1. The van der Waals surface area contributed by atoms with Crippen LogP contribution in [0.2, 0.25) is 0 Å². The Bertz CT molecular complexity index is 948. The van der Waals surface area contributed by atoms with Crippen molar-refractivity contribution in [3.63, 3.8) is 0 Å². The van der Waals surface area contributed by atoms with Gasteiger partial charge in [-0.15, -0.1) is 11.8 Å². The van der Waals surface area contributed by atoms with E-state index in [0.29, 0.717) is 31.7 Å². The van der Waals surface area contributed by atoms with Crippen LogP contribution in [0.1, 0.15) is 38.7 Å². The number of benzene rings is 2. The minimum absolute atomic E-state index is 0.0223. The van der Waals surface area contributed by atoms with Gasteiger partial charge in [-0.25, -0.2) is 8.42 Å². The van der Waals surface area contributed by atoms with E-state index in [1.54, 1.807) is 24.3 Å². The molecule has 0 heterocycles. The molecule has 0 saturated carbocycles. The number of aliphatic hydroxyl groups is 1. The average Bonchev–Trinajstić information content (AvgIpc) is 2.79. The van der Waals surface area contributed by atoms with E-state index < -0.39 is 16.1 Å². The Morgan fingerprint density at radius 3 is 2.33 bits per heavy atom. The summed E-state index contributed by atoms with van der Waals surface area (Å²) in [6.07, 6.45) is 1.95. The fourth-order valence-electron chi connectivity index (χ4n) is 3.42. The number of sulfonamides is 1. The van der Waals surface area contributed by atoms with Crippen LogP contribution in [0.5, 0.6) is 0 Å². The summed E-state index contributed by atoms with van der Waals surface area (Å²) in [4.78, 5) is 13.4. The average molecular weight is 493 g/mol. The van der Waals surface area contributed by atoms with E-state index in [1.165, 1.54) is 16.1 Å². The van der Waals surface area contributed by atoms with Crippen molar-refractivity contribution in [2.75, 3.05) is 25.4 Å². The predicted molar refractivity (Wildman–Crippen MR) is 135 cm³/mol. The molecule has 1 amide bonds. The monoisotopic (exact) mass is 492 g/mol.